The van der Waals surface area contributed by atoms with Crippen molar-refractivity contribution in [2.75, 3.05) is 19.0 Å². The van der Waals surface area contributed by atoms with E-state index in [1.165, 1.54) is 18.4 Å². The molecule has 0 spiro atoms. The highest BCUT2D eigenvalue weighted by Crippen LogP contribution is 2.26. The van der Waals surface area contributed by atoms with Crippen LogP contribution >= 0.6 is 22.7 Å². The van der Waals surface area contributed by atoms with Gasteiger partial charge < -0.3 is 14.8 Å². The van der Waals surface area contributed by atoms with Gasteiger partial charge in [-0.2, -0.15) is 11.3 Å². The minimum Gasteiger partial charge on any atom is -0.495 e. The number of carbonyl (C=O) groups excluding carboxylic acids is 2. The number of benzene rings is 1. The summed E-state index contributed by atoms with van der Waals surface area (Å²) in [6.07, 6.45) is 0.0303. The Balaban J connectivity index is 1.49. The van der Waals surface area contributed by atoms with Crippen molar-refractivity contribution in [3.05, 3.63) is 52.2 Å². The number of nitrogens with zero attached hydrogens (tertiary/aromatic N) is 1. The van der Waals surface area contributed by atoms with Gasteiger partial charge in [0, 0.05) is 16.3 Å². The fraction of sp³-hybridized carbons (Fsp3) is 0.167. The number of rotatable bonds is 7. The molecule has 0 saturated carbocycles. The van der Waals surface area contributed by atoms with E-state index in [9.17, 15) is 9.59 Å². The molecule has 0 radical (unpaired) electrons. The van der Waals surface area contributed by atoms with Gasteiger partial charge in [-0.3, -0.25) is 9.59 Å². The molecule has 3 rings (SSSR count). The second-order valence-electron chi connectivity index (χ2n) is 5.24. The monoisotopic (exact) mass is 388 g/mol. The first-order chi connectivity index (χ1) is 12.7. The van der Waals surface area contributed by atoms with Gasteiger partial charge in [0.1, 0.15) is 10.8 Å². The molecule has 8 heteroatoms. The van der Waals surface area contributed by atoms with E-state index < -0.39 is 11.9 Å². The molecule has 0 unspecified atom stereocenters. The summed E-state index contributed by atoms with van der Waals surface area (Å²) in [6.45, 7) is -0.363. The van der Waals surface area contributed by atoms with Crippen molar-refractivity contribution in [1.29, 1.82) is 0 Å². The zero-order valence-electron chi connectivity index (χ0n) is 13.9. The highest BCUT2D eigenvalue weighted by Gasteiger charge is 2.13. The first kappa shape index (κ1) is 18.1. The molecule has 1 amide bonds. The molecule has 26 heavy (non-hydrogen) atoms. The van der Waals surface area contributed by atoms with Crippen LogP contribution in [-0.4, -0.2) is 30.6 Å². The molecule has 0 saturated heterocycles. The maximum Gasteiger partial charge on any atom is 0.312 e. The summed E-state index contributed by atoms with van der Waals surface area (Å²) in [5.41, 5.74) is 2.19. The summed E-state index contributed by atoms with van der Waals surface area (Å²) in [6, 6.07) is 8.99. The Morgan fingerprint density at radius 3 is 2.81 bits per heavy atom. The van der Waals surface area contributed by atoms with Crippen LogP contribution in [0.25, 0.3) is 10.6 Å². The zero-order chi connectivity index (χ0) is 18.4. The molecule has 134 valence electrons. The van der Waals surface area contributed by atoms with E-state index in [1.54, 1.807) is 35.6 Å². The maximum absolute atomic E-state index is 11.9. The molecular weight excluding hydrogens is 372 g/mol. The summed E-state index contributed by atoms with van der Waals surface area (Å²) in [7, 11) is 1.52. The SMILES string of the molecule is COc1ccccc1NC(=O)COC(=O)Cc1csc(-c2ccsc2)n1. The van der Waals surface area contributed by atoms with Crippen LogP contribution < -0.4 is 10.1 Å². The van der Waals surface area contributed by atoms with Crippen LogP contribution in [-0.2, 0) is 20.7 Å². The van der Waals surface area contributed by atoms with Gasteiger partial charge in [0.25, 0.3) is 5.91 Å². The lowest BCUT2D eigenvalue weighted by Gasteiger charge is -2.09. The number of thiazole rings is 1. The molecule has 0 aliphatic carbocycles. The summed E-state index contributed by atoms with van der Waals surface area (Å²) >= 11 is 3.07. The number of ether oxygens (including phenoxy) is 2. The lowest BCUT2D eigenvalue weighted by atomic mass is 10.3. The van der Waals surface area contributed by atoms with E-state index in [4.69, 9.17) is 9.47 Å². The summed E-state index contributed by atoms with van der Waals surface area (Å²) in [5.74, 6) is -0.391. The van der Waals surface area contributed by atoms with E-state index in [1.807, 2.05) is 22.2 Å². The number of esters is 1. The maximum atomic E-state index is 11.9. The second kappa shape index (κ2) is 8.59. The van der Waals surface area contributed by atoms with Crippen molar-refractivity contribution in [3.8, 4) is 16.3 Å². The van der Waals surface area contributed by atoms with Crippen LogP contribution in [0, 0.1) is 0 Å². The molecule has 0 aliphatic rings. The van der Waals surface area contributed by atoms with Crippen molar-refractivity contribution in [2.24, 2.45) is 0 Å². The van der Waals surface area contributed by atoms with Crippen LogP contribution in [0.5, 0.6) is 5.75 Å². The standard InChI is InChI=1S/C18H16N2O4S2/c1-23-15-5-3-2-4-14(15)20-16(21)9-24-17(22)8-13-11-26-18(19-13)12-6-7-25-10-12/h2-7,10-11H,8-9H2,1H3,(H,20,21). The number of hydrogen-bond donors (Lipinski definition) is 1. The lowest BCUT2D eigenvalue weighted by molar-refractivity contribution is -0.146. The normalized spacial score (nSPS) is 10.3. The number of nitrogens with one attached hydrogen (secondary N) is 1. The first-order valence-corrected chi connectivity index (χ1v) is 9.53. The lowest BCUT2D eigenvalue weighted by Crippen LogP contribution is -2.22. The molecule has 1 N–H and O–H groups in total. The first-order valence-electron chi connectivity index (χ1n) is 7.71. The summed E-state index contributed by atoms with van der Waals surface area (Å²) < 4.78 is 10.2. The summed E-state index contributed by atoms with van der Waals surface area (Å²) in [4.78, 5) is 28.3. The second-order valence-corrected chi connectivity index (χ2v) is 6.88. The van der Waals surface area contributed by atoms with Crippen molar-refractivity contribution in [1.82, 2.24) is 4.98 Å². The Kier molecular flexibility index (Phi) is 5.98. The van der Waals surface area contributed by atoms with E-state index in [0.717, 1.165) is 10.6 Å². The van der Waals surface area contributed by atoms with Crippen molar-refractivity contribution >= 4 is 40.2 Å². The molecule has 1 aromatic carbocycles. The number of para-hydroxylation sites is 2. The Morgan fingerprint density at radius 1 is 1.19 bits per heavy atom. The predicted molar refractivity (Wildman–Crippen MR) is 102 cm³/mol. The minimum absolute atomic E-state index is 0.0303. The molecule has 6 nitrogen and oxygen atoms in total. The van der Waals surface area contributed by atoms with Gasteiger partial charge in [0.2, 0.25) is 0 Å². The molecule has 2 heterocycles. The smallest absolute Gasteiger partial charge is 0.312 e. The van der Waals surface area contributed by atoms with Crippen LogP contribution in [0.3, 0.4) is 0 Å². The van der Waals surface area contributed by atoms with Crippen molar-refractivity contribution in [2.45, 2.75) is 6.42 Å². The zero-order valence-corrected chi connectivity index (χ0v) is 15.6. The summed E-state index contributed by atoms with van der Waals surface area (Å²) in [5, 5.41) is 9.32. The van der Waals surface area contributed by atoms with Crippen LogP contribution in [0.2, 0.25) is 0 Å². The average molecular weight is 388 g/mol. The number of thiophene rings is 1. The van der Waals surface area contributed by atoms with Crippen LogP contribution in [0.4, 0.5) is 5.69 Å². The Bertz CT molecular complexity index is 890. The fourth-order valence-corrected chi connectivity index (χ4v) is 3.72. The van der Waals surface area contributed by atoms with E-state index in [-0.39, 0.29) is 13.0 Å². The van der Waals surface area contributed by atoms with Gasteiger partial charge in [0.15, 0.2) is 6.61 Å². The highest BCUT2D eigenvalue weighted by molar-refractivity contribution is 7.14. The molecule has 3 aromatic rings. The average Bonchev–Trinajstić information content (AvgIpc) is 3.32. The van der Waals surface area contributed by atoms with Crippen molar-refractivity contribution in [3.63, 3.8) is 0 Å². The minimum atomic E-state index is -0.498. The molecular formula is C18H16N2O4S2. The van der Waals surface area contributed by atoms with E-state index >= 15 is 0 Å². The molecule has 0 bridgehead atoms. The van der Waals surface area contributed by atoms with Gasteiger partial charge in [-0.05, 0) is 23.6 Å². The third-order valence-corrected chi connectivity index (χ3v) is 5.01. The largest absolute Gasteiger partial charge is 0.495 e. The number of carbonyl (C=O) groups is 2. The van der Waals surface area contributed by atoms with Crippen LogP contribution in [0.15, 0.2) is 46.5 Å². The van der Waals surface area contributed by atoms with Gasteiger partial charge in [0.05, 0.1) is 24.9 Å². The van der Waals surface area contributed by atoms with E-state index in [0.29, 0.717) is 17.1 Å². The van der Waals surface area contributed by atoms with E-state index in [2.05, 4.69) is 10.3 Å². The van der Waals surface area contributed by atoms with Crippen LogP contribution in [0.1, 0.15) is 5.69 Å². The van der Waals surface area contributed by atoms with Crippen molar-refractivity contribution < 1.29 is 19.1 Å². The molecule has 2 aromatic heterocycles. The number of methoxy groups -OCH3 is 1. The predicted octanol–water partition coefficient (Wildman–Crippen LogP) is 3.60. The molecule has 0 fully saturated rings. The third kappa shape index (κ3) is 4.68. The third-order valence-electron chi connectivity index (χ3n) is 3.39. The topological polar surface area (TPSA) is 77.5 Å². The highest BCUT2D eigenvalue weighted by atomic mass is 32.1. The Morgan fingerprint density at radius 2 is 2.04 bits per heavy atom. The number of aromatic nitrogens is 1. The number of amides is 1. The van der Waals surface area contributed by atoms with Gasteiger partial charge in [-0.25, -0.2) is 4.98 Å². The molecule has 0 atom stereocenters. The number of anilines is 1. The quantitative estimate of drug-likeness (QED) is 0.626. The Labute approximate surface area is 158 Å². The van der Waals surface area contributed by atoms with Gasteiger partial charge in [-0.15, -0.1) is 11.3 Å². The Hall–Kier alpha value is -2.71. The number of hydrogen-bond acceptors (Lipinski definition) is 7. The fourth-order valence-electron chi connectivity index (χ4n) is 2.19. The van der Waals surface area contributed by atoms with Gasteiger partial charge in [-0.1, -0.05) is 12.1 Å². The molecule has 0 aliphatic heterocycles. The van der Waals surface area contributed by atoms with Gasteiger partial charge >= 0.3 is 5.97 Å².